The number of pyridine rings is 1. The van der Waals surface area contributed by atoms with Gasteiger partial charge < -0.3 is 15.4 Å². The average Bonchev–Trinajstić information content (AvgIpc) is 3.26. The average molecular weight is 474 g/mol. The molecule has 0 bridgehead atoms. The minimum Gasteiger partial charge on any atom is -0.494 e. The van der Waals surface area contributed by atoms with E-state index >= 15 is 0 Å². The quantitative estimate of drug-likeness (QED) is 0.388. The Labute approximate surface area is 203 Å². The first-order valence-corrected chi connectivity index (χ1v) is 11.9. The maximum Gasteiger partial charge on any atom is 0.220 e. The number of halogens is 1. The van der Waals surface area contributed by atoms with Crippen molar-refractivity contribution >= 4 is 16.9 Å². The molecule has 2 aromatic heterocycles. The SMILES string of the molecule is NC(=O)C1CCN(CCCOc2ccc(-n3c(-c4ccccn4)nc4cc(F)ccc43)cc2)CC1. The Morgan fingerprint density at radius 2 is 1.89 bits per heavy atom. The number of carbonyl (C=O) groups excluding carboxylic acids is 1. The molecule has 180 valence electrons. The molecule has 1 aliphatic rings. The Bertz CT molecular complexity index is 1300. The molecular weight excluding hydrogens is 445 g/mol. The normalized spacial score (nSPS) is 14.9. The van der Waals surface area contributed by atoms with Crippen molar-refractivity contribution in [2.45, 2.75) is 19.3 Å². The van der Waals surface area contributed by atoms with Crippen molar-refractivity contribution in [3.63, 3.8) is 0 Å². The number of nitrogens with two attached hydrogens (primary N) is 1. The van der Waals surface area contributed by atoms with Crippen LogP contribution in [0.2, 0.25) is 0 Å². The summed E-state index contributed by atoms with van der Waals surface area (Å²) < 4.78 is 21.8. The number of fused-ring (bicyclic) bond motifs is 1. The van der Waals surface area contributed by atoms with Crippen LogP contribution in [-0.2, 0) is 4.79 Å². The van der Waals surface area contributed by atoms with Crippen LogP contribution in [0.5, 0.6) is 5.75 Å². The Morgan fingerprint density at radius 1 is 1.09 bits per heavy atom. The summed E-state index contributed by atoms with van der Waals surface area (Å²) in [5, 5.41) is 0. The summed E-state index contributed by atoms with van der Waals surface area (Å²) in [6.45, 7) is 3.36. The molecule has 3 heterocycles. The van der Waals surface area contributed by atoms with Gasteiger partial charge in [-0.05, 0) is 80.9 Å². The zero-order valence-corrected chi connectivity index (χ0v) is 19.4. The van der Waals surface area contributed by atoms with E-state index in [4.69, 9.17) is 10.5 Å². The van der Waals surface area contributed by atoms with E-state index in [1.54, 1.807) is 12.3 Å². The van der Waals surface area contributed by atoms with Gasteiger partial charge in [0.25, 0.3) is 0 Å². The van der Waals surface area contributed by atoms with Gasteiger partial charge in [0, 0.05) is 30.4 Å². The third-order valence-corrected chi connectivity index (χ3v) is 6.48. The first-order chi connectivity index (χ1) is 17.1. The molecule has 0 saturated carbocycles. The van der Waals surface area contributed by atoms with Crippen LogP contribution in [0.15, 0.2) is 66.9 Å². The van der Waals surface area contributed by atoms with Crippen molar-refractivity contribution in [1.82, 2.24) is 19.4 Å². The van der Waals surface area contributed by atoms with Crippen molar-refractivity contribution in [2.75, 3.05) is 26.2 Å². The number of hydrogen-bond donors (Lipinski definition) is 1. The molecule has 0 spiro atoms. The second-order valence-corrected chi connectivity index (χ2v) is 8.83. The number of piperidine rings is 1. The number of benzene rings is 2. The molecular formula is C27H28FN5O2. The lowest BCUT2D eigenvalue weighted by Gasteiger charge is -2.30. The van der Waals surface area contributed by atoms with Crippen LogP contribution in [0, 0.1) is 11.7 Å². The Kier molecular flexibility index (Phi) is 6.72. The molecule has 2 aromatic carbocycles. The lowest BCUT2D eigenvalue weighted by molar-refractivity contribution is -0.123. The number of likely N-dealkylation sites (tertiary alicyclic amines) is 1. The fraction of sp³-hybridized carbons (Fsp3) is 0.296. The zero-order chi connectivity index (χ0) is 24.2. The van der Waals surface area contributed by atoms with Gasteiger partial charge in [-0.25, -0.2) is 9.37 Å². The number of hydrogen-bond acceptors (Lipinski definition) is 5. The van der Waals surface area contributed by atoms with E-state index < -0.39 is 0 Å². The van der Waals surface area contributed by atoms with Crippen LogP contribution in [0.25, 0.3) is 28.2 Å². The van der Waals surface area contributed by atoms with E-state index in [0.717, 1.165) is 55.9 Å². The van der Waals surface area contributed by atoms with E-state index in [2.05, 4.69) is 14.9 Å². The molecule has 1 aliphatic heterocycles. The standard InChI is InChI=1S/C27H28FN5O2/c28-20-5-10-25-24(18-20)31-27(23-4-1-2-13-30-23)33(25)21-6-8-22(9-7-21)35-17-3-14-32-15-11-19(12-16-32)26(29)34/h1-2,4-10,13,18-19H,3,11-12,14-17H2,(H2,29,34). The number of amides is 1. The second kappa shape index (κ2) is 10.2. The molecule has 0 unspecified atom stereocenters. The number of ether oxygens (including phenoxy) is 1. The van der Waals surface area contributed by atoms with Crippen molar-refractivity contribution in [3.8, 4) is 23.0 Å². The van der Waals surface area contributed by atoms with E-state index in [-0.39, 0.29) is 17.6 Å². The molecule has 4 aromatic rings. The van der Waals surface area contributed by atoms with Crippen LogP contribution < -0.4 is 10.5 Å². The highest BCUT2D eigenvalue weighted by Gasteiger charge is 2.22. The largest absolute Gasteiger partial charge is 0.494 e. The smallest absolute Gasteiger partial charge is 0.220 e. The molecule has 35 heavy (non-hydrogen) atoms. The minimum absolute atomic E-state index is 0.0193. The number of primary amides is 1. The summed E-state index contributed by atoms with van der Waals surface area (Å²) in [6.07, 6.45) is 4.31. The molecule has 5 rings (SSSR count). The Hall–Kier alpha value is -3.78. The van der Waals surface area contributed by atoms with Crippen molar-refractivity contribution < 1.29 is 13.9 Å². The summed E-state index contributed by atoms with van der Waals surface area (Å²) >= 11 is 0. The monoisotopic (exact) mass is 473 g/mol. The number of imidazole rings is 1. The molecule has 1 fully saturated rings. The number of rotatable bonds is 8. The van der Waals surface area contributed by atoms with Gasteiger partial charge in [0.1, 0.15) is 17.3 Å². The highest BCUT2D eigenvalue weighted by Crippen LogP contribution is 2.29. The van der Waals surface area contributed by atoms with Gasteiger partial charge in [-0.1, -0.05) is 6.07 Å². The molecule has 1 saturated heterocycles. The van der Waals surface area contributed by atoms with Gasteiger partial charge in [0.2, 0.25) is 5.91 Å². The lowest BCUT2D eigenvalue weighted by atomic mass is 9.96. The predicted molar refractivity (Wildman–Crippen MR) is 133 cm³/mol. The molecule has 2 N–H and O–H groups in total. The van der Waals surface area contributed by atoms with Crippen LogP contribution in [0.3, 0.4) is 0 Å². The van der Waals surface area contributed by atoms with Crippen LogP contribution in [0.4, 0.5) is 4.39 Å². The van der Waals surface area contributed by atoms with Crippen molar-refractivity contribution in [1.29, 1.82) is 0 Å². The fourth-order valence-electron chi connectivity index (χ4n) is 4.59. The van der Waals surface area contributed by atoms with Crippen molar-refractivity contribution in [2.24, 2.45) is 11.7 Å². The lowest BCUT2D eigenvalue weighted by Crippen LogP contribution is -2.39. The Morgan fingerprint density at radius 3 is 2.60 bits per heavy atom. The van der Waals surface area contributed by atoms with Gasteiger partial charge >= 0.3 is 0 Å². The molecule has 8 heteroatoms. The summed E-state index contributed by atoms with van der Waals surface area (Å²) in [7, 11) is 0. The van der Waals surface area contributed by atoms with E-state index in [1.165, 1.54) is 12.1 Å². The highest BCUT2D eigenvalue weighted by molar-refractivity contribution is 5.82. The maximum atomic E-state index is 13.8. The summed E-state index contributed by atoms with van der Waals surface area (Å²) in [6, 6.07) is 18.1. The zero-order valence-electron chi connectivity index (χ0n) is 19.4. The minimum atomic E-state index is -0.323. The number of carbonyl (C=O) groups is 1. The van der Waals surface area contributed by atoms with Gasteiger partial charge in [-0.3, -0.25) is 14.3 Å². The topological polar surface area (TPSA) is 86.3 Å². The number of aromatic nitrogens is 3. The molecule has 0 aliphatic carbocycles. The van der Waals surface area contributed by atoms with Crippen LogP contribution in [0.1, 0.15) is 19.3 Å². The van der Waals surface area contributed by atoms with Crippen molar-refractivity contribution in [3.05, 3.63) is 72.7 Å². The second-order valence-electron chi connectivity index (χ2n) is 8.83. The number of nitrogens with zero attached hydrogens (tertiary/aromatic N) is 4. The molecule has 0 radical (unpaired) electrons. The molecule has 7 nitrogen and oxygen atoms in total. The fourth-order valence-corrected chi connectivity index (χ4v) is 4.59. The third kappa shape index (κ3) is 5.17. The molecule has 1 amide bonds. The van der Waals surface area contributed by atoms with E-state index in [1.807, 2.05) is 47.0 Å². The van der Waals surface area contributed by atoms with Crippen LogP contribution >= 0.6 is 0 Å². The van der Waals surface area contributed by atoms with Crippen LogP contribution in [-0.4, -0.2) is 51.6 Å². The summed E-state index contributed by atoms with van der Waals surface area (Å²) in [5.41, 5.74) is 8.40. The molecule has 0 atom stereocenters. The summed E-state index contributed by atoms with van der Waals surface area (Å²) in [4.78, 5) is 22.8. The van der Waals surface area contributed by atoms with Gasteiger partial charge in [-0.15, -0.1) is 0 Å². The maximum absolute atomic E-state index is 13.8. The Balaban J connectivity index is 1.25. The first kappa shape index (κ1) is 23.0. The van der Waals surface area contributed by atoms with Gasteiger partial charge in [0.05, 0.1) is 17.6 Å². The summed E-state index contributed by atoms with van der Waals surface area (Å²) in [5.74, 6) is 0.956. The van der Waals surface area contributed by atoms with Gasteiger partial charge in [0.15, 0.2) is 5.82 Å². The highest BCUT2D eigenvalue weighted by atomic mass is 19.1. The predicted octanol–water partition coefficient (Wildman–Crippen LogP) is 4.19. The van der Waals surface area contributed by atoms with E-state index in [9.17, 15) is 9.18 Å². The van der Waals surface area contributed by atoms with E-state index in [0.29, 0.717) is 23.6 Å². The first-order valence-electron chi connectivity index (χ1n) is 11.9. The third-order valence-electron chi connectivity index (χ3n) is 6.48. The van der Waals surface area contributed by atoms with Gasteiger partial charge in [-0.2, -0.15) is 0 Å².